The number of benzene rings is 4. The summed E-state index contributed by atoms with van der Waals surface area (Å²) in [6.07, 6.45) is 22.1. The molecule has 2 radical (unpaired) electrons. The summed E-state index contributed by atoms with van der Waals surface area (Å²) in [4.78, 5) is 0. The molecule has 0 N–H and O–H groups in total. The minimum Gasteiger partial charge on any atom is -1.00 e. The van der Waals surface area contributed by atoms with Crippen molar-refractivity contribution in [3.05, 3.63) is 168 Å². The van der Waals surface area contributed by atoms with Gasteiger partial charge in [0.2, 0.25) is 0 Å². The second-order valence-electron chi connectivity index (χ2n) is 9.95. The molecule has 0 saturated heterocycles. The number of halogens is 2. The van der Waals surface area contributed by atoms with Crippen molar-refractivity contribution in [2.75, 3.05) is 0 Å². The van der Waals surface area contributed by atoms with Crippen LogP contribution in [0.2, 0.25) is 26.2 Å². The van der Waals surface area contributed by atoms with Gasteiger partial charge in [-0.3, -0.25) is 12.2 Å². The largest absolute Gasteiger partial charge is 1.00 e. The summed E-state index contributed by atoms with van der Waals surface area (Å²) in [5.41, 5.74) is 11.0. The first-order valence-corrected chi connectivity index (χ1v) is 19.4. The van der Waals surface area contributed by atoms with E-state index in [9.17, 15) is 0 Å². The molecule has 0 aromatic heterocycles. The molecule has 0 nitrogen and oxygen atoms in total. The molecular formula is C40H42Cl2Hf2Si2-6. The van der Waals surface area contributed by atoms with Crippen molar-refractivity contribution in [3.63, 3.8) is 0 Å². The molecule has 0 aliphatic heterocycles. The van der Waals surface area contributed by atoms with E-state index in [1.807, 2.05) is 36.4 Å². The molecule has 4 aromatic carbocycles. The third-order valence-electron chi connectivity index (χ3n) is 6.40. The predicted octanol–water partition coefficient (Wildman–Crippen LogP) is 3.77. The zero-order valence-corrected chi connectivity index (χ0v) is 38.3. The third kappa shape index (κ3) is 15.7. The van der Waals surface area contributed by atoms with Gasteiger partial charge in [0.05, 0.1) is 0 Å². The van der Waals surface area contributed by atoms with E-state index < -0.39 is 0 Å². The van der Waals surface area contributed by atoms with E-state index in [4.69, 9.17) is 0 Å². The van der Waals surface area contributed by atoms with Gasteiger partial charge in [0.15, 0.2) is 0 Å². The Kier molecular flexibility index (Phi) is 29.0. The number of fused-ring (bicyclic) bond motifs is 6. The molecule has 4 aromatic rings. The van der Waals surface area contributed by atoms with Gasteiger partial charge in [-0.2, -0.15) is 71.8 Å². The molecule has 238 valence electrons. The molecule has 8 rings (SSSR count). The topological polar surface area (TPSA) is 0 Å². The molecule has 4 aliphatic carbocycles. The number of rotatable bonds is 0. The van der Waals surface area contributed by atoms with Crippen molar-refractivity contribution >= 4 is 19.0 Å². The fourth-order valence-corrected chi connectivity index (χ4v) is 4.68. The number of allylic oxidation sites excluding steroid dienone is 8. The van der Waals surface area contributed by atoms with Gasteiger partial charge in [-0.25, -0.2) is 24.3 Å². The summed E-state index contributed by atoms with van der Waals surface area (Å²) in [7, 11) is 1.50. The molecule has 0 bridgehead atoms. The van der Waals surface area contributed by atoms with Gasteiger partial charge in [0.1, 0.15) is 0 Å². The van der Waals surface area contributed by atoms with Crippen molar-refractivity contribution in [1.82, 2.24) is 0 Å². The minimum absolute atomic E-state index is 0. The van der Waals surface area contributed by atoms with Gasteiger partial charge in [-0.05, 0) is 12.8 Å². The average molecular weight is 1010 g/mol. The van der Waals surface area contributed by atoms with E-state index >= 15 is 0 Å². The average Bonchev–Trinajstić information content (AvgIpc) is 3.86. The second kappa shape index (κ2) is 28.6. The number of hydrogen-bond acceptors (Lipinski definition) is 0. The molecule has 0 heterocycles. The molecule has 46 heavy (non-hydrogen) atoms. The maximum absolute atomic E-state index is 3.30. The van der Waals surface area contributed by atoms with Crippen LogP contribution >= 0.6 is 0 Å². The zero-order valence-electron chi connectivity index (χ0n) is 27.3. The van der Waals surface area contributed by atoms with Gasteiger partial charge < -0.3 is 24.8 Å². The maximum Gasteiger partial charge on any atom is 0.0213 e. The summed E-state index contributed by atoms with van der Waals surface area (Å²) in [5, 5.41) is 0. The summed E-state index contributed by atoms with van der Waals surface area (Å²) in [5.74, 6) is 0. The molecule has 6 heteroatoms. The first-order valence-electron chi connectivity index (χ1n) is 14.8. The van der Waals surface area contributed by atoms with Gasteiger partial charge in [-0.1, -0.05) is 97.0 Å². The fourth-order valence-electron chi connectivity index (χ4n) is 4.68. The summed E-state index contributed by atoms with van der Waals surface area (Å²) in [6.45, 7) is 8.83. The van der Waals surface area contributed by atoms with Crippen LogP contribution in [-0.4, -0.2) is 19.0 Å². The fraction of sp³-hybridized carbons (Fsp3) is 0.200. The van der Waals surface area contributed by atoms with E-state index in [1.54, 1.807) is 0 Å². The zero-order chi connectivity index (χ0) is 29.8. The van der Waals surface area contributed by atoms with Crippen molar-refractivity contribution in [2.24, 2.45) is 0 Å². The number of hydrogen-bond donors (Lipinski definition) is 0. The molecule has 0 unspecified atom stereocenters. The first kappa shape index (κ1) is 46.7. The second-order valence-corrected chi connectivity index (χ2v) is 12.3. The molecular weight excluding hydrogens is 964 g/mol. The maximum atomic E-state index is 3.30. The van der Waals surface area contributed by atoms with Crippen LogP contribution in [-0.2, 0) is 64.5 Å². The Morgan fingerprint density at radius 2 is 0.848 bits per heavy atom. The third-order valence-corrected chi connectivity index (χ3v) is 6.40. The van der Waals surface area contributed by atoms with Crippen molar-refractivity contribution < 1.29 is 76.5 Å². The van der Waals surface area contributed by atoms with Gasteiger partial charge in [-0.15, -0.1) is 24.0 Å². The van der Waals surface area contributed by atoms with E-state index in [0.717, 1.165) is 44.7 Å². The normalized spacial score (nSPS) is 11.6. The Labute approximate surface area is 334 Å². The SMILES string of the molecule is C[SiH]C.C[SiH]C.[C-]1=CC=CC1.[C-]1=CC=CC1.[Cl-].[Cl-].[Hf].[Hf].[c-]1cccc2c1Cc1ccccc1-2.[c-]1cccc2c1Cc1ccccc1-2. The molecule has 0 spiro atoms. The van der Waals surface area contributed by atoms with E-state index in [0.29, 0.717) is 0 Å². The van der Waals surface area contributed by atoms with Crippen LogP contribution in [0.25, 0.3) is 22.3 Å². The predicted molar refractivity (Wildman–Crippen MR) is 188 cm³/mol. The molecule has 0 amide bonds. The Bertz CT molecular complexity index is 1280. The Balaban J connectivity index is 0. The van der Waals surface area contributed by atoms with Crippen LogP contribution in [0.5, 0.6) is 0 Å². The van der Waals surface area contributed by atoms with Gasteiger partial charge in [0.25, 0.3) is 0 Å². The first-order chi connectivity index (χ1) is 20.7. The molecule has 4 aliphatic rings. The van der Waals surface area contributed by atoms with E-state index in [2.05, 4.69) is 135 Å². The van der Waals surface area contributed by atoms with Crippen LogP contribution in [0.1, 0.15) is 35.1 Å². The molecule has 0 atom stereocenters. The van der Waals surface area contributed by atoms with E-state index in [-0.39, 0.29) is 76.5 Å². The van der Waals surface area contributed by atoms with Crippen LogP contribution in [0, 0.1) is 24.3 Å². The van der Waals surface area contributed by atoms with Crippen LogP contribution < -0.4 is 24.8 Å². The minimum atomic E-state index is 0. The Hall–Kier alpha value is -1.41. The standard InChI is InChI=1S/2C13H9.2C5H5.2C2H7Si.2ClH.2Hf/c2*1-3-7-12-10(5-1)9-11-6-2-4-8-13(11)12;2*1-2-4-5-3-1;2*1-3-2;;;;/h2*1-5,7-8H,9H2;2*1-3H,4H2;2*3H,1-2H3;2*1H;;/q4*-1;;;;;;/p-2. The Morgan fingerprint density at radius 1 is 0.500 bits per heavy atom. The van der Waals surface area contributed by atoms with Crippen LogP contribution in [0.4, 0.5) is 0 Å². The summed E-state index contributed by atoms with van der Waals surface area (Å²) < 4.78 is 0. The Morgan fingerprint density at radius 3 is 1.15 bits per heavy atom. The molecule has 0 fully saturated rings. The monoisotopic (exact) mass is 1010 g/mol. The summed E-state index contributed by atoms with van der Waals surface area (Å²) in [6, 6.07) is 36.2. The summed E-state index contributed by atoms with van der Waals surface area (Å²) >= 11 is 0. The quantitative estimate of drug-likeness (QED) is 0.161. The van der Waals surface area contributed by atoms with Crippen LogP contribution in [0.3, 0.4) is 0 Å². The van der Waals surface area contributed by atoms with Crippen LogP contribution in [0.15, 0.2) is 121 Å². The van der Waals surface area contributed by atoms with Gasteiger partial charge in [0, 0.05) is 70.7 Å². The smallest absolute Gasteiger partial charge is 0.0213 e. The van der Waals surface area contributed by atoms with Crippen molar-refractivity contribution in [2.45, 2.75) is 51.9 Å². The van der Waals surface area contributed by atoms with Crippen molar-refractivity contribution in [3.8, 4) is 22.3 Å². The van der Waals surface area contributed by atoms with Crippen molar-refractivity contribution in [1.29, 1.82) is 0 Å². The van der Waals surface area contributed by atoms with Gasteiger partial charge >= 0.3 is 0 Å². The van der Waals surface area contributed by atoms with E-state index in [1.165, 1.54) is 44.5 Å². The molecule has 0 saturated carbocycles.